The number of methoxy groups -OCH3 is 1. The van der Waals surface area contributed by atoms with E-state index in [1.54, 1.807) is 11.4 Å². The molecule has 9 nitrogen and oxygen atoms in total. The fraction of sp³-hybridized carbons (Fsp3) is 0.500. The van der Waals surface area contributed by atoms with E-state index in [2.05, 4.69) is 41.1 Å². The number of benzene rings is 3. The van der Waals surface area contributed by atoms with Gasteiger partial charge in [0.2, 0.25) is 15.9 Å². The van der Waals surface area contributed by atoms with E-state index < -0.39 is 10.0 Å². The Morgan fingerprint density at radius 3 is 2.16 bits per heavy atom. The zero-order chi connectivity index (χ0) is 34.9. The van der Waals surface area contributed by atoms with Crippen molar-refractivity contribution in [1.29, 1.82) is 0 Å². The van der Waals surface area contributed by atoms with Crippen molar-refractivity contribution >= 4 is 38.9 Å². The molecule has 0 N–H and O–H groups in total. The highest BCUT2D eigenvalue weighted by atomic mass is 35.5. The predicted octanol–water partition coefficient (Wildman–Crippen LogP) is 6.39. The summed E-state index contributed by atoms with van der Waals surface area (Å²) in [6.07, 6.45) is 6.16. The molecule has 6 rings (SSSR count). The summed E-state index contributed by atoms with van der Waals surface area (Å²) in [6.45, 7) is 7.77. The van der Waals surface area contributed by atoms with Gasteiger partial charge < -0.3 is 19.3 Å². The first-order chi connectivity index (χ1) is 23.4. The van der Waals surface area contributed by atoms with Crippen LogP contribution in [0.4, 0.5) is 11.4 Å². The minimum Gasteiger partial charge on any atom is -0.493 e. The van der Waals surface area contributed by atoms with E-state index in [0.717, 1.165) is 73.4 Å². The molecule has 1 atom stereocenters. The molecular formula is C38H49ClN4O5S. The number of rotatable bonds is 10. The van der Waals surface area contributed by atoms with Crippen LogP contribution in [0.15, 0.2) is 60.7 Å². The molecule has 264 valence electrons. The van der Waals surface area contributed by atoms with Gasteiger partial charge in [-0.3, -0.25) is 9.69 Å². The molecule has 1 amide bonds. The van der Waals surface area contributed by atoms with Gasteiger partial charge in [-0.2, -0.15) is 4.31 Å². The number of sulfonamides is 1. The molecule has 2 aliphatic heterocycles. The molecule has 2 heterocycles. The smallest absolute Gasteiger partial charge is 0.232 e. The number of hydrogen-bond acceptors (Lipinski definition) is 7. The molecule has 1 saturated heterocycles. The summed E-state index contributed by atoms with van der Waals surface area (Å²) < 4.78 is 37.2. The summed E-state index contributed by atoms with van der Waals surface area (Å²) in [4.78, 5) is 20.7. The van der Waals surface area contributed by atoms with Gasteiger partial charge in [0.1, 0.15) is 0 Å². The van der Waals surface area contributed by atoms with Crippen LogP contribution >= 0.6 is 11.6 Å². The standard InChI is InChI=1S/C38H49ClN4O5S/c1-26(2)48-36-24-34-29(22-35(36)47-4)23-37(44)43(38(34)28-8-10-30(39)11-9-28)33-16-14-31(15-17-33)40(3)25-27-6-12-32(13-7-27)41-18-20-42(21-19-41)49(5,45)46/h8-11,14-17,22,24,26-27,32,38H,6-7,12-13,18-21,23,25H2,1-5H3/t27-,32-,38-/m0/s1. The Morgan fingerprint density at radius 1 is 0.918 bits per heavy atom. The Hall–Kier alpha value is -3.31. The molecule has 11 heteroatoms. The lowest BCUT2D eigenvalue weighted by Gasteiger charge is -2.42. The third-order valence-corrected chi connectivity index (χ3v) is 11.9. The maximum Gasteiger partial charge on any atom is 0.232 e. The highest BCUT2D eigenvalue weighted by molar-refractivity contribution is 7.88. The molecule has 1 saturated carbocycles. The Kier molecular flexibility index (Phi) is 10.8. The van der Waals surface area contributed by atoms with E-state index in [1.165, 1.54) is 6.26 Å². The third kappa shape index (κ3) is 8.03. The van der Waals surface area contributed by atoms with E-state index in [4.69, 9.17) is 21.1 Å². The number of piperazine rings is 1. The Balaban J connectivity index is 1.16. The number of ether oxygens (including phenoxy) is 2. The zero-order valence-corrected chi connectivity index (χ0v) is 30.8. The van der Waals surface area contributed by atoms with Crippen LogP contribution in [0.1, 0.15) is 62.3 Å². The van der Waals surface area contributed by atoms with Crippen molar-refractivity contribution in [3.8, 4) is 11.5 Å². The van der Waals surface area contributed by atoms with Crippen molar-refractivity contribution in [3.05, 3.63) is 82.4 Å². The summed E-state index contributed by atoms with van der Waals surface area (Å²) in [7, 11) is 0.662. The van der Waals surface area contributed by atoms with Crippen molar-refractivity contribution in [3.63, 3.8) is 0 Å². The monoisotopic (exact) mass is 708 g/mol. The predicted molar refractivity (Wildman–Crippen MR) is 197 cm³/mol. The number of amides is 1. The van der Waals surface area contributed by atoms with Crippen LogP contribution in [0.5, 0.6) is 11.5 Å². The summed E-state index contributed by atoms with van der Waals surface area (Å²) >= 11 is 6.29. The second kappa shape index (κ2) is 14.9. The first-order valence-electron chi connectivity index (χ1n) is 17.4. The van der Waals surface area contributed by atoms with Gasteiger partial charge in [0, 0.05) is 62.2 Å². The quantitative estimate of drug-likeness (QED) is 0.242. The molecular weight excluding hydrogens is 660 g/mol. The van der Waals surface area contributed by atoms with Crippen LogP contribution in [-0.2, 0) is 21.2 Å². The molecule has 3 aromatic carbocycles. The fourth-order valence-electron chi connectivity index (χ4n) is 7.78. The number of nitrogens with zero attached hydrogens (tertiary/aromatic N) is 4. The van der Waals surface area contributed by atoms with Gasteiger partial charge >= 0.3 is 0 Å². The molecule has 1 aliphatic carbocycles. The Labute approximate surface area is 296 Å². The highest BCUT2D eigenvalue weighted by Gasteiger charge is 2.36. The van der Waals surface area contributed by atoms with Gasteiger partial charge in [-0.1, -0.05) is 23.7 Å². The molecule has 0 unspecified atom stereocenters. The van der Waals surface area contributed by atoms with Gasteiger partial charge in [0.15, 0.2) is 11.5 Å². The number of carbonyl (C=O) groups excluding carboxylic acids is 1. The number of hydrogen-bond donors (Lipinski definition) is 0. The van der Waals surface area contributed by atoms with Crippen LogP contribution in [0, 0.1) is 5.92 Å². The van der Waals surface area contributed by atoms with Crippen LogP contribution < -0.4 is 19.3 Å². The van der Waals surface area contributed by atoms with Crippen LogP contribution in [0.25, 0.3) is 0 Å². The van der Waals surface area contributed by atoms with E-state index in [9.17, 15) is 13.2 Å². The number of fused-ring (bicyclic) bond motifs is 1. The van der Waals surface area contributed by atoms with Gasteiger partial charge in [-0.15, -0.1) is 0 Å². The average molecular weight is 709 g/mol. The normalized spacial score (nSPS) is 22.2. The van der Waals surface area contributed by atoms with Crippen LogP contribution in [0.2, 0.25) is 5.02 Å². The summed E-state index contributed by atoms with van der Waals surface area (Å²) in [5.41, 5.74) is 4.86. The molecule has 0 spiro atoms. The number of carbonyl (C=O) groups is 1. The van der Waals surface area contributed by atoms with E-state index in [1.807, 2.05) is 55.1 Å². The lowest BCUT2D eigenvalue weighted by Crippen LogP contribution is -2.52. The molecule has 0 radical (unpaired) electrons. The number of halogens is 1. The minimum atomic E-state index is -3.11. The molecule has 0 bridgehead atoms. The maximum atomic E-state index is 13.9. The van der Waals surface area contributed by atoms with Gasteiger partial charge in [-0.05, 0) is 111 Å². The first-order valence-corrected chi connectivity index (χ1v) is 19.6. The number of anilines is 2. The molecule has 2 fully saturated rings. The van der Waals surface area contributed by atoms with Crippen molar-refractivity contribution in [2.24, 2.45) is 5.92 Å². The summed E-state index contributed by atoms with van der Waals surface area (Å²) in [5, 5.41) is 0.643. The minimum absolute atomic E-state index is 0.0163. The largest absolute Gasteiger partial charge is 0.493 e. The molecule has 3 aliphatic rings. The van der Waals surface area contributed by atoms with E-state index in [-0.39, 0.29) is 24.5 Å². The third-order valence-electron chi connectivity index (χ3n) is 10.3. The first kappa shape index (κ1) is 35.5. The van der Waals surface area contributed by atoms with Crippen LogP contribution in [0.3, 0.4) is 0 Å². The van der Waals surface area contributed by atoms with Crippen LogP contribution in [-0.4, -0.2) is 88.8 Å². The van der Waals surface area contributed by atoms with Crippen molar-refractivity contribution in [2.45, 2.75) is 64.1 Å². The fourth-order valence-corrected chi connectivity index (χ4v) is 8.73. The second-order valence-electron chi connectivity index (χ2n) is 14.0. The van der Waals surface area contributed by atoms with E-state index >= 15 is 0 Å². The molecule has 49 heavy (non-hydrogen) atoms. The maximum absolute atomic E-state index is 13.9. The zero-order valence-electron chi connectivity index (χ0n) is 29.3. The SMILES string of the molecule is COc1cc2c(cc1OC(C)C)[C@H](c1ccc(Cl)cc1)N(c1ccc(N(C)C[C@H]3CC[C@H](N4CCN(S(C)(=O)=O)CC4)CC3)cc1)C(=O)C2. The lowest BCUT2D eigenvalue weighted by molar-refractivity contribution is -0.118. The van der Waals surface area contributed by atoms with Gasteiger partial charge in [0.25, 0.3) is 0 Å². The summed E-state index contributed by atoms with van der Waals surface area (Å²) in [5.74, 6) is 1.90. The summed E-state index contributed by atoms with van der Waals surface area (Å²) in [6, 6.07) is 20.2. The van der Waals surface area contributed by atoms with Gasteiger partial charge in [-0.25, -0.2) is 8.42 Å². The second-order valence-corrected chi connectivity index (χ2v) is 16.5. The Morgan fingerprint density at radius 2 is 1.57 bits per heavy atom. The van der Waals surface area contributed by atoms with Gasteiger partial charge in [0.05, 0.1) is 31.9 Å². The van der Waals surface area contributed by atoms with Crippen molar-refractivity contribution in [1.82, 2.24) is 9.21 Å². The Bertz CT molecular complexity index is 1720. The average Bonchev–Trinajstić information content (AvgIpc) is 3.08. The topological polar surface area (TPSA) is 82.6 Å². The van der Waals surface area contributed by atoms with Crippen molar-refractivity contribution < 1.29 is 22.7 Å². The van der Waals surface area contributed by atoms with E-state index in [0.29, 0.717) is 41.6 Å². The molecule has 3 aromatic rings. The lowest BCUT2D eigenvalue weighted by atomic mass is 9.84. The van der Waals surface area contributed by atoms with Crippen molar-refractivity contribution in [2.75, 3.05) is 62.9 Å². The highest BCUT2D eigenvalue weighted by Crippen LogP contribution is 2.44. The molecule has 0 aromatic heterocycles.